The molecule has 7 heteroatoms. The summed E-state index contributed by atoms with van der Waals surface area (Å²) in [5.74, 6) is 0.188. The van der Waals surface area contributed by atoms with E-state index >= 15 is 0 Å². The molecule has 6 nitrogen and oxygen atoms in total. The topological polar surface area (TPSA) is 76.1 Å². The molecule has 2 N–H and O–H groups in total. The summed E-state index contributed by atoms with van der Waals surface area (Å²) < 4.78 is 18.9. The lowest BCUT2D eigenvalue weighted by molar-refractivity contribution is 0.0950. The molecule has 2 aromatic carbocycles. The molecule has 1 aromatic heterocycles. The number of para-hydroxylation sites is 2. The van der Waals surface area contributed by atoms with E-state index < -0.39 is 5.82 Å². The Morgan fingerprint density at radius 1 is 1.08 bits per heavy atom. The molecular formula is C19H17FN4O2. The molecule has 132 valence electrons. The Bertz CT molecular complexity index is 900. The molecule has 0 saturated carbocycles. The van der Waals surface area contributed by atoms with Crippen molar-refractivity contribution in [2.24, 2.45) is 0 Å². The number of nitrogens with one attached hydrogen (secondary N) is 2. The predicted octanol–water partition coefficient (Wildman–Crippen LogP) is 3.30. The van der Waals surface area contributed by atoms with E-state index in [0.29, 0.717) is 17.9 Å². The van der Waals surface area contributed by atoms with Crippen molar-refractivity contribution >= 4 is 17.5 Å². The summed E-state index contributed by atoms with van der Waals surface area (Å²) in [6.45, 7) is 0.318. The Morgan fingerprint density at radius 2 is 1.77 bits per heavy atom. The van der Waals surface area contributed by atoms with Crippen molar-refractivity contribution in [3.63, 3.8) is 0 Å². The van der Waals surface area contributed by atoms with Crippen molar-refractivity contribution in [3.05, 3.63) is 77.9 Å². The summed E-state index contributed by atoms with van der Waals surface area (Å²) in [6, 6.07) is 13.6. The Balaban J connectivity index is 1.63. The van der Waals surface area contributed by atoms with Crippen LogP contribution in [0, 0.1) is 5.82 Å². The van der Waals surface area contributed by atoms with Crippen molar-refractivity contribution in [1.29, 1.82) is 0 Å². The zero-order chi connectivity index (χ0) is 18.4. The van der Waals surface area contributed by atoms with Crippen LogP contribution in [-0.4, -0.2) is 23.0 Å². The number of aromatic nitrogens is 2. The molecule has 1 amide bonds. The third kappa shape index (κ3) is 4.13. The number of rotatable bonds is 6. The summed E-state index contributed by atoms with van der Waals surface area (Å²) in [4.78, 5) is 20.3. The minimum Gasteiger partial charge on any atom is -0.496 e. The fourth-order valence-electron chi connectivity index (χ4n) is 2.32. The highest BCUT2D eigenvalue weighted by Gasteiger charge is 2.09. The van der Waals surface area contributed by atoms with Gasteiger partial charge in [-0.05, 0) is 18.2 Å². The van der Waals surface area contributed by atoms with Crippen LogP contribution in [0.2, 0.25) is 0 Å². The van der Waals surface area contributed by atoms with Crippen molar-refractivity contribution in [1.82, 2.24) is 15.3 Å². The van der Waals surface area contributed by atoms with Gasteiger partial charge in [0.15, 0.2) is 0 Å². The number of carbonyl (C=O) groups excluding carboxylic acids is 1. The fourth-order valence-corrected chi connectivity index (χ4v) is 2.32. The highest BCUT2D eigenvalue weighted by molar-refractivity contribution is 5.93. The zero-order valence-electron chi connectivity index (χ0n) is 14.1. The van der Waals surface area contributed by atoms with E-state index in [-0.39, 0.29) is 17.5 Å². The van der Waals surface area contributed by atoms with Crippen molar-refractivity contribution < 1.29 is 13.9 Å². The molecule has 0 spiro atoms. The van der Waals surface area contributed by atoms with Gasteiger partial charge in [-0.15, -0.1) is 0 Å². The number of hydrogen-bond acceptors (Lipinski definition) is 5. The lowest BCUT2D eigenvalue weighted by Crippen LogP contribution is -2.23. The van der Waals surface area contributed by atoms with Crippen molar-refractivity contribution in [2.75, 3.05) is 12.4 Å². The van der Waals surface area contributed by atoms with E-state index in [0.717, 1.165) is 5.56 Å². The van der Waals surface area contributed by atoms with E-state index in [9.17, 15) is 9.18 Å². The van der Waals surface area contributed by atoms with E-state index in [1.165, 1.54) is 18.5 Å². The van der Waals surface area contributed by atoms with Gasteiger partial charge in [0.1, 0.15) is 11.6 Å². The average Bonchev–Trinajstić information content (AvgIpc) is 2.68. The van der Waals surface area contributed by atoms with Crippen LogP contribution < -0.4 is 15.4 Å². The first-order valence-electron chi connectivity index (χ1n) is 7.91. The number of nitrogens with zero attached hydrogens (tertiary/aromatic N) is 2. The quantitative estimate of drug-likeness (QED) is 0.712. The van der Waals surface area contributed by atoms with Crippen LogP contribution >= 0.6 is 0 Å². The number of carbonyl (C=O) groups is 1. The van der Waals surface area contributed by atoms with Crippen molar-refractivity contribution in [3.8, 4) is 5.75 Å². The predicted molar refractivity (Wildman–Crippen MR) is 95.9 cm³/mol. The van der Waals surface area contributed by atoms with Gasteiger partial charge in [-0.3, -0.25) is 4.79 Å². The summed E-state index contributed by atoms with van der Waals surface area (Å²) in [5.41, 5.74) is 1.43. The van der Waals surface area contributed by atoms with E-state index in [2.05, 4.69) is 20.6 Å². The molecule has 0 saturated heterocycles. The number of amides is 1. The average molecular weight is 352 g/mol. The molecule has 0 bridgehead atoms. The molecular weight excluding hydrogens is 335 g/mol. The van der Waals surface area contributed by atoms with Crippen LogP contribution in [-0.2, 0) is 6.54 Å². The first-order valence-corrected chi connectivity index (χ1v) is 7.91. The Hall–Kier alpha value is -3.48. The number of benzene rings is 2. The van der Waals surface area contributed by atoms with E-state index in [1.54, 1.807) is 25.3 Å². The number of hydrogen-bond donors (Lipinski definition) is 2. The van der Waals surface area contributed by atoms with Crippen LogP contribution in [0.1, 0.15) is 15.9 Å². The maximum Gasteiger partial charge on any atom is 0.254 e. The van der Waals surface area contributed by atoms with Gasteiger partial charge in [0.2, 0.25) is 5.95 Å². The molecule has 0 atom stereocenters. The van der Waals surface area contributed by atoms with Gasteiger partial charge in [0.05, 0.1) is 18.4 Å². The first-order chi connectivity index (χ1) is 12.7. The highest BCUT2D eigenvalue weighted by Crippen LogP contribution is 2.18. The monoisotopic (exact) mass is 352 g/mol. The SMILES string of the molecule is COc1ccccc1CNC(=O)c1cnc(Nc2ccccc2F)nc1. The van der Waals surface area contributed by atoms with Gasteiger partial charge < -0.3 is 15.4 Å². The molecule has 3 rings (SSSR count). The molecule has 0 radical (unpaired) electrons. The lowest BCUT2D eigenvalue weighted by atomic mass is 10.2. The first kappa shape index (κ1) is 17.3. The second kappa shape index (κ2) is 8.06. The molecule has 3 aromatic rings. The summed E-state index contributed by atoms with van der Waals surface area (Å²) >= 11 is 0. The second-order valence-electron chi connectivity index (χ2n) is 5.39. The summed E-state index contributed by atoms with van der Waals surface area (Å²) in [7, 11) is 1.58. The molecule has 0 fully saturated rings. The second-order valence-corrected chi connectivity index (χ2v) is 5.39. The molecule has 26 heavy (non-hydrogen) atoms. The number of halogens is 1. The van der Waals surface area contributed by atoms with Gasteiger partial charge in [-0.1, -0.05) is 30.3 Å². The number of ether oxygens (including phenoxy) is 1. The third-order valence-electron chi connectivity index (χ3n) is 3.67. The largest absolute Gasteiger partial charge is 0.496 e. The molecule has 0 aliphatic rings. The van der Waals surface area contributed by atoms with Gasteiger partial charge in [-0.25, -0.2) is 14.4 Å². The maximum atomic E-state index is 13.6. The summed E-state index contributed by atoms with van der Waals surface area (Å²) in [5, 5.41) is 5.55. The van der Waals surface area contributed by atoms with Crippen molar-refractivity contribution in [2.45, 2.75) is 6.54 Å². The fraction of sp³-hybridized carbons (Fsp3) is 0.105. The Labute approximate surface area is 150 Å². The standard InChI is InChI=1S/C19H17FN4O2/c1-26-17-9-5-2-6-13(17)10-21-18(25)14-11-22-19(23-12-14)24-16-8-4-3-7-15(16)20/h2-9,11-12H,10H2,1H3,(H,21,25)(H,22,23,24). The molecule has 0 aliphatic heterocycles. The highest BCUT2D eigenvalue weighted by atomic mass is 19.1. The van der Waals surface area contributed by atoms with Gasteiger partial charge in [0, 0.05) is 24.5 Å². The van der Waals surface area contributed by atoms with Gasteiger partial charge >= 0.3 is 0 Å². The summed E-state index contributed by atoms with van der Waals surface area (Å²) in [6.07, 6.45) is 2.77. The molecule has 0 unspecified atom stereocenters. The Morgan fingerprint density at radius 3 is 2.50 bits per heavy atom. The van der Waals surface area contributed by atoms with Gasteiger partial charge in [-0.2, -0.15) is 0 Å². The number of anilines is 2. The maximum absolute atomic E-state index is 13.6. The smallest absolute Gasteiger partial charge is 0.254 e. The minimum absolute atomic E-state index is 0.205. The van der Waals surface area contributed by atoms with Gasteiger partial charge in [0.25, 0.3) is 5.91 Å². The van der Waals surface area contributed by atoms with Crippen LogP contribution in [0.5, 0.6) is 5.75 Å². The molecule has 0 aliphatic carbocycles. The third-order valence-corrected chi connectivity index (χ3v) is 3.67. The normalized spacial score (nSPS) is 10.2. The Kier molecular flexibility index (Phi) is 5.38. The zero-order valence-corrected chi connectivity index (χ0v) is 14.1. The van der Waals surface area contributed by atoms with E-state index in [4.69, 9.17) is 4.74 Å². The van der Waals surface area contributed by atoms with Crippen LogP contribution in [0.3, 0.4) is 0 Å². The minimum atomic E-state index is -0.408. The van der Waals surface area contributed by atoms with Crippen LogP contribution in [0.15, 0.2) is 60.9 Å². The van der Waals surface area contributed by atoms with Crippen LogP contribution in [0.4, 0.5) is 16.0 Å². The van der Waals surface area contributed by atoms with E-state index in [1.807, 2.05) is 24.3 Å². The van der Waals surface area contributed by atoms with Crippen LogP contribution in [0.25, 0.3) is 0 Å². The molecule has 1 heterocycles. The number of methoxy groups -OCH3 is 1. The lowest BCUT2D eigenvalue weighted by Gasteiger charge is -2.10.